The molecule has 2 heterocycles. The number of thiazole rings is 1. The van der Waals surface area contributed by atoms with E-state index in [4.69, 9.17) is 5.73 Å². The van der Waals surface area contributed by atoms with Crippen molar-refractivity contribution in [2.24, 2.45) is 0 Å². The van der Waals surface area contributed by atoms with Gasteiger partial charge in [-0.15, -0.1) is 11.3 Å². The smallest absolute Gasteiger partial charge is 0.221 e. The predicted molar refractivity (Wildman–Crippen MR) is 101 cm³/mol. The van der Waals surface area contributed by atoms with Crippen LogP contribution in [0, 0.1) is 6.92 Å². The summed E-state index contributed by atoms with van der Waals surface area (Å²) < 4.78 is 0. The molecule has 0 radical (unpaired) electrons. The lowest BCUT2D eigenvalue weighted by Crippen LogP contribution is -2.21. The van der Waals surface area contributed by atoms with Gasteiger partial charge < -0.3 is 11.1 Å². The normalized spacial score (nSPS) is 16.8. The van der Waals surface area contributed by atoms with E-state index in [2.05, 4.69) is 59.7 Å². The number of hydrogen-bond donors (Lipinski definition) is 2. The molecule has 0 spiro atoms. The van der Waals surface area contributed by atoms with Gasteiger partial charge in [0.1, 0.15) is 0 Å². The predicted octanol–water partition coefficient (Wildman–Crippen LogP) is 3.85. The lowest BCUT2D eigenvalue weighted by molar-refractivity contribution is -0.121. The second-order valence-electron chi connectivity index (χ2n) is 6.34. The van der Waals surface area contributed by atoms with Gasteiger partial charge in [0.15, 0.2) is 5.13 Å². The highest BCUT2D eigenvalue weighted by molar-refractivity contribution is 7.15. The molecule has 126 valence electrons. The van der Waals surface area contributed by atoms with Crippen molar-refractivity contribution in [1.29, 1.82) is 0 Å². The van der Waals surface area contributed by atoms with E-state index >= 15 is 0 Å². The Morgan fingerprint density at radius 3 is 2.88 bits per heavy atom. The molecule has 1 atom stereocenters. The Labute approximate surface area is 150 Å². The molecule has 1 amide bonds. The minimum atomic E-state index is -0.00346. The third kappa shape index (κ3) is 3.03. The summed E-state index contributed by atoms with van der Waals surface area (Å²) in [5.41, 5.74) is 11.6. The van der Waals surface area contributed by atoms with Crippen molar-refractivity contribution in [2.45, 2.75) is 25.8 Å². The molecule has 3 N–H and O–H groups in total. The number of nitrogens with zero attached hydrogens (tertiary/aromatic N) is 1. The molecule has 0 aliphatic carbocycles. The van der Waals surface area contributed by atoms with E-state index in [0.29, 0.717) is 18.1 Å². The number of carbonyl (C=O) groups is 1. The number of nitrogen functional groups attached to an aromatic ring is 1. The van der Waals surface area contributed by atoms with Gasteiger partial charge in [0, 0.05) is 17.2 Å². The van der Waals surface area contributed by atoms with E-state index in [1.54, 1.807) is 0 Å². The number of fused-ring (bicyclic) bond motifs is 1. The minimum absolute atomic E-state index is 0.00346. The maximum absolute atomic E-state index is 12.2. The van der Waals surface area contributed by atoms with Crippen LogP contribution in [-0.2, 0) is 11.3 Å². The fraction of sp³-hybridized carbons (Fsp3) is 0.200. The third-order valence-electron chi connectivity index (χ3n) is 4.65. The van der Waals surface area contributed by atoms with Gasteiger partial charge in [-0.1, -0.05) is 48.5 Å². The van der Waals surface area contributed by atoms with Crippen molar-refractivity contribution in [3.8, 4) is 11.1 Å². The first kappa shape index (κ1) is 15.8. The highest BCUT2D eigenvalue weighted by Gasteiger charge is 2.27. The molecule has 25 heavy (non-hydrogen) atoms. The van der Waals surface area contributed by atoms with E-state index in [-0.39, 0.29) is 11.8 Å². The van der Waals surface area contributed by atoms with Crippen molar-refractivity contribution >= 4 is 22.4 Å². The van der Waals surface area contributed by atoms with Gasteiger partial charge in [-0.2, -0.15) is 0 Å². The molecule has 4 rings (SSSR count). The summed E-state index contributed by atoms with van der Waals surface area (Å²) >= 11 is 1.49. The zero-order valence-electron chi connectivity index (χ0n) is 14.0. The van der Waals surface area contributed by atoms with Crippen LogP contribution >= 0.6 is 11.3 Å². The molecule has 0 bridgehead atoms. The number of benzene rings is 2. The van der Waals surface area contributed by atoms with Gasteiger partial charge in [0.2, 0.25) is 5.91 Å². The van der Waals surface area contributed by atoms with Crippen LogP contribution in [0.25, 0.3) is 11.1 Å². The van der Waals surface area contributed by atoms with E-state index in [0.717, 1.165) is 16.1 Å². The van der Waals surface area contributed by atoms with Gasteiger partial charge in [0.25, 0.3) is 0 Å². The molecule has 4 nitrogen and oxygen atoms in total. The van der Waals surface area contributed by atoms with E-state index in [9.17, 15) is 4.79 Å². The average molecular weight is 349 g/mol. The van der Waals surface area contributed by atoms with E-state index < -0.39 is 0 Å². The average Bonchev–Trinajstić information content (AvgIpc) is 2.91. The fourth-order valence-corrected chi connectivity index (χ4v) is 4.38. The Kier molecular flexibility index (Phi) is 4.01. The molecule has 2 aromatic carbocycles. The summed E-state index contributed by atoms with van der Waals surface area (Å²) in [5.74, 6) is 0.0475. The molecule has 1 aliphatic rings. The molecular formula is C20H19N3OS. The Bertz CT molecular complexity index is 948. The lowest BCUT2D eigenvalue weighted by atomic mass is 9.90. The number of nitrogens with two attached hydrogens (primary N) is 1. The summed E-state index contributed by atoms with van der Waals surface area (Å²) in [7, 11) is 0. The van der Waals surface area contributed by atoms with Crippen molar-refractivity contribution in [1.82, 2.24) is 10.3 Å². The van der Waals surface area contributed by atoms with E-state index in [1.807, 2.05) is 6.07 Å². The summed E-state index contributed by atoms with van der Waals surface area (Å²) in [6.07, 6.45) is 0.422. The number of carbonyl (C=O) groups excluding carboxylic acids is 1. The summed E-state index contributed by atoms with van der Waals surface area (Å²) in [6.45, 7) is 2.57. The topological polar surface area (TPSA) is 68.0 Å². The largest absolute Gasteiger partial charge is 0.375 e. The zero-order valence-corrected chi connectivity index (χ0v) is 14.8. The lowest BCUT2D eigenvalue weighted by Gasteiger charge is -2.15. The van der Waals surface area contributed by atoms with Crippen LogP contribution in [0.15, 0.2) is 48.5 Å². The first-order chi connectivity index (χ1) is 12.1. The van der Waals surface area contributed by atoms with Crippen molar-refractivity contribution < 1.29 is 4.79 Å². The fourth-order valence-electron chi connectivity index (χ4n) is 3.40. The van der Waals surface area contributed by atoms with Gasteiger partial charge >= 0.3 is 0 Å². The van der Waals surface area contributed by atoms with Crippen LogP contribution in [0.1, 0.15) is 34.0 Å². The molecule has 1 aromatic heterocycles. The van der Waals surface area contributed by atoms with Crippen molar-refractivity contribution in [3.05, 3.63) is 70.2 Å². The summed E-state index contributed by atoms with van der Waals surface area (Å²) in [5, 5.41) is 3.48. The second kappa shape index (κ2) is 6.33. The van der Waals surface area contributed by atoms with Crippen LogP contribution in [0.3, 0.4) is 0 Å². The van der Waals surface area contributed by atoms with Crippen LogP contribution in [0.5, 0.6) is 0 Å². The second-order valence-corrected chi connectivity index (χ2v) is 7.40. The number of aromatic nitrogens is 1. The van der Waals surface area contributed by atoms with Crippen LogP contribution < -0.4 is 11.1 Å². The number of nitrogens with one attached hydrogen (secondary N) is 1. The van der Waals surface area contributed by atoms with Crippen molar-refractivity contribution in [3.63, 3.8) is 0 Å². The minimum Gasteiger partial charge on any atom is -0.375 e. The standard InChI is InChI=1S/C20H19N3OS/c1-12-5-2-3-8-15(12)13-6-4-7-14(9-13)16-10-18(24)22-11-17-19(16)25-20(21)23-17/h2-9,16H,10-11H2,1H3,(H2,21,23)(H,22,24). The molecule has 3 aromatic rings. The third-order valence-corrected chi connectivity index (χ3v) is 5.69. The quantitative estimate of drug-likeness (QED) is 0.738. The van der Waals surface area contributed by atoms with Gasteiger partial charge in [-0.3, -0.25) is 4.79 Å². The molecule has 0 saturated heterocycles. The van der Waals surface area contributed by atoms with Crippen LogP contribution in [-0.4, -0.2) is 10.9 Å². The zero-order chi connectivity index (χ0) is 17.4. The first-order valence-electron chi connectivity index (χ1n) is 8.29. The number of anilines is 1. The Balaban J connectivity index is 1.80. The van der Waals surface area contributed by atoms with E-state index in [1.165, 1.54) is 28.0 Å². The number of aryl methyl sites for hydroxylation is 1. The summed E-state index contributed by atoms with van der Waals surface area (Å²) in [4.78, 5) is 17.7. The summed E-state index contributed by atoms with van der Waals surface area (Å²) in [6, 6.07) is 16.8. The Hall–Kier alpha value is -2.66. The number of amides is 1. The van der Waals surface area contributed by atoms with Crippen LogP contribution in [0.4, 0.5) is 5.13 Å². The Morgan fingerprint density at radius 1 is 1.20 bits per heavy atom. The maximum atomic E-state index is 12.2. The van der Waals surface area contributed by atoms with Gasteiger partial charge in [-0.25, -0.2) is 4.98 Å². The van der Waals surface area contributed by atoms with Gasteiger partial charge in [0.05, 0.1) is 12.2 Å². The first-order valence-corrected chi connectivity index (χ1v) is 9.11. The SMILES string of the molecule is Cc1ccccc1-c1cccc(C2CC(=O)NCc3nc(N)sc32)c1. The molecule has 1 aliphatic heterocycles. The molecule has 0 fully saturated rings. The van der Waals surface area contributed by atoms with Crippen LogP contribution in [0.2, 0.25) is 0 Å². The van der Waals surface area contributed by atoms with Gasteiger partial charge in [-0.05, 0) is 29.2 Å². The Morgan fingerprint density at radius 2 is 2.04 bits per heavy atom. The maximum Gasteiger partial charge on any atom is 0.221 e. The monoisotopic (exact) mass is 349 g/mol. The molecule has 0 saturated carbocycles. The molecular weight excluding hydrogens is 330 g/mol. The van der Waals surface area contributed by atoms with Crippen molar-refractivity contribution in [2.75, 3.05) is 5.73 Å². The number of hydrogen-bond acceptors (Lipinski definition) is 4. The highest BCUT2D eigenvalue weighted by atomic mass is 32.1. The number of rotatable bonds is 2. The molecule has 1 unspecified atom stereocenters. The highest BCUT2D eigenvalue weighted by Crippen LogP contribution is 2.38. The molecule has 5 heteroatoms.